The Kier molecular flexibility index (Phi) is 4.12. The molecule has 0 aliphatic heterocycles. The van der Waals surface area contributed by atoms with Crippen molar-refractivity contribution in [3.8, 4) is 0 Å². The van der Waals surface area contributed by atoms with Gasteiger partial charge in [0.15, 0.2) is 5.78 Å². The number of Topliss-reactive ketones (excluding diaryl/α,β-unsaturated/α-hetero) is 1. The summed E-state index contributed by atoms with van der Waals surface area (Å²) in [6.45, 7) is 2.16. The molecule has 0 aliphatic rings. The van der Waals surface area contributed by atoms with Crippen LogP contribution in [0.1, 0.15) is 28.0 Å². The monoisotopic (exact) mass is 207 g/mol. The zero-order chi connectivity index (χ0) is 11.3. The Morgan fingerprint density at radius 2 is 2.33 bits per heavy atom. The van der Waals surface area contributed by atoms with Crippen LogP contribution in [-0.4, -0.2) is 24.2 Å². The van der Waals surface area contributed by atoms with Crippen molar-refractivity contribution in [1.82, 2.24) is 4.98 Å². The van der Waals surface area contributed by atoms with E-state index in [9.17, 15) is 9.59 Å². The number of aryl methyl sites for hydroxylation is 1. The number of hydrogen-bond acceptors (Lipinski definition) is 4. The predicted molar refractivity (Wildman–Crippen MR) is 54.7 cm³/mol. The quantitative estimate of drug-likeness (QED) is 0.415. The van der Waals surface area contributed by atoms with Crippen LogP contribution in [0.25, 0.3) is 0 Å². The molecule has 0 bridgehead atoms. The van der Waals surface area contributed by atoms with Gasteiger partial charge in [-0.15, -0.1) is 0 Å². The van der Waals surface area contributed by atoms with Crippen molar-refractivity contribution in [2.75, 3.05) is 7.11 Å². The lowest BCUT2D eigenvalue weighted by Crippen LogP contribution is -2.05. The first kappa shape index (κ1) is 11.5. The number of ether oxygens (including phenoxy) is 1. The number of carbonyl (C=O) groups is 2. The van der Waals surface area contributed by atoms with Crippen molar-refractivity contribution in [2.45, 2.75) is 20.0 Å². The average Bonchev–Trinajstić information content (AvgIpc) is 2.21. The first-order valence-corrected chi connectivity index (χ1v) is 4.60. The Morgan fingerprint density at radius 1 is 1.60 bits per heavy atom. The zero-order valence-corrected chi connectivity index (χ0v) is 8.82. The molecule has 1 rings (SSSR count). The Morgan fingerprint density at radius 3 is 2.93 bits per heavy atom. The second-order valence-electron chi connectivity index (χ2n) is 3.20. The molecule has 1 heterocycles. The molecule has 0 fully saturated rings. The standard InChI is InChI=1S/C11H13NO3/c1-8-10(11(14)3-4-13)5-9(6-12-8)7-15-2/h4-6H,3,7H2,1-2H3. The number of ketones is 1. The Labute approximate surface area is 88.3 Å². The van der Waals surface area contributed by atoms with E-state index in [1.807, 2.05) is 0 Å². The maximum atomic E-state index is 11.5. The van der Waals surface area contributed by atoms with E-state index in [-0.39, 0.29) is 12.2 Å². The summed E-state index contributed by atoms with van der Waals surface area (Å²) in [6, 6.07) is 1.72. The molecule has 0 amide bonds. The fourth-order valence-electron chi connectivity index (χ4n) is 1.29. The van der Waals surface area contributed by atoms with Crippen molar-refractivity contribution in [2.24, 2.45) is 0 Å². The van der Waals surface area contributed by atoms with Gasteiger partial charge in [-0.1, -0.05) is 0 Å². The van der Waals surface area contributed by atoms with E-state index in [1.54, 1.807) is 26.3 Å². The fraction of sp³-hybridized carbons (Fsp3) is 0.364. The topological polar surface area (TPSA) is 56.3 Å². The number of aldehydes is 1. The SMILES string of the molecule is COCc1cnc(C)c(C(=O)CC=O)c1. The summed E-state index contributed by atoms with van der Waals surface area (Å²) in [5.41, 5.74) is 1.97. The highest BCUT2D eigenvalue weighted by Crippen LogP contribution is 2.11. The summed E-state index contributed by atoms with van der Waals surface area (Å²) < 4.78 is 4.94. The van der Waals surface area contributed by atoms with E-state index in [4.69, 9.17) is 4.74 Å². The molecule has 0 radical (unpaired) electrons. The summed E-state index contributed by atoms with van der Waals surface area (Å²) in [4.78, 5) is 25.8. The van der Waals surface area contributed by atoms with Gasteiger partial charge in [-0.3, -0.25) is 9.78 Å². The molecule has 4 nitrogen and oxygen atoms in total. The van der Waals surface area contributed by atoms with Gasteiger partial charge in [0.05, 0.1) is 13.0 Å². The molecule has 0 atom stereocenters. The second kappa shape index (κ2) is 5.36. The number of aromatic nitrogens is 1. The summed E-state index contributed by atoms with van der Waals surface area (Å²) in [7, 11) is 1.58. The zero-order valence-electron chi connectivity index (χ0n) is 8.82. The Balaban J connectivity index is 2.99. The first-order valence-electron chi connectivity index (χ1n) is 4.60. The van der Waals surface area contributed by atoms with E-state index in [0.29, 0.717) is 24.2 Å². The van der Waals surface area contributed by atoms with Gasteiger partial charge < -0.3 is 9.53 Å². The minimum absolute atomic E-state index is 0.0983. The summed E-state index contributed by atoms with van der Waals surface area (Å²) >= 11 is 0. The molecule has 0 saturated carbocycles. The smallest absolute Gasteiger partial charge is 0.171 e. The van der Waals surface area contributed by atoms with Crippen LogP contribution < -0.4 is 0 Å². The Bertz CT molecular complexity index is 374. The number of carbonyl (C=O) groups excluding carboxylic acids is 2. The van der Waals surface area contributed by atoms with E-state index in [2.05, 4.69) is 4.98 Å². The molecular formula is C11H13NO3. The molecule has 1 aromatic heterocycles. The Hall–Kier alpha value is -1.55. The summed E-state index contributed by atoms with van der Waals surface area (Å²) in [5, 5.41) is 0. The normalized spacial score (nSPS) is 10.0. The highest BCUT2D eigenvalue weighted by Gasteiger charge is 2.10. The van der Waals surface area contributed by atoms with Crippen LogP contribution in [0.5, 0.6) is 0 Å². The molecule has 15 heavy (non-hydrogen) atoms. The highest BCUT2D eigenvalue weighted by molar-refractivity contribution is 6.03. The van der Waals surface area contributed by atoms with Gasteiger partial charge in [0, 0.05) is 24.6 Å². The summed E-state index contributed by atoms with van der Waals surface area (Å²) in [6.07, 6.45) is 2.17. The molecule has 80 valence electrons. The largest absolute Gasteiger partial charge is 0.380 e. The van der Waals surface area contributed by atoms with Crippen LogP contribution in [-0.2, 0) is 16.1 Å². The van der Waals surface area contributed by atoms with Gasteiger partial charge in [-0.2, -0.15) is 0 Å². The van der Waals surface area contributed by atoms with Crippen molar-refractivity contribution in [3.05, 3.63) is 29.1 Å². The van der Waals surface area contributed by atoms with E-state index in [0.717, 1.165) is 5.56 Å². The number of rotatable bonds is 5. The second-order valence-corrected chi connectivity index (χ2v) is 3.20. The van der Waals surface area contributed by atoms with Crippen LogP contribution >= 0.6 is 0 Å². The highest BCUT2D eigenvalue weighted by atomic mass is 16.5. The van der Waals surface area contributed by atoms with Crippen molar-refractivity contribution in [1.29, 1.82) is 0 Å². The van der Waals surface area contributed by atoms with Crippen LogP contribution in [0, 0.1) is 6.92 Å². The van der Waals surface area contributed by atoms with E-state index >= 15 is 0 Å². The maximum absolute atomic E-state index is 11.5. The average molecular weight is 207 g/mol. The van der Waals surface area contributed by atoms with Crippen molar-refractivity contribution >= 4 is 12.1 Å². The van der Waals surface area contributed by atoms with Gasteiger partial charge in [0.1, 0.15) is 6.29 Å². The van der Waals surface area contributed by atoms with Crippen LogP contribution in [0.4, 0.5) is 0 Å². The third kappa shape index (κ3) is 2.95. The molecule has 0 N–H and O–H groups in total. The number of nitrogens with zero attached hydrogens (tertiary/aromatic N) is 1. The minimum Gasteiger partial charge on any atom is -0.380 e. The molecule has 0 spiro atoms. The number of methoxy groups -OCH3 is 1. The molecular weight excluding hydrogens is 194 g/mol. The third-order valence-electron chi connectivity index (χ3n) is 2.02. The van der Waals surface area contributed by atoms with Crippen LogP contribution in [0.15, 0.2) is 12.3 Å². The molecule has 0 saturated heterocycles. The molecule has 4 heteroatoms. The molecule has 0 unspecified atom stereocenters. The fourth-order valence-corrected chi connectivity index (χ4v) is 1.29. The third-order valence-corrected chi connectivity index (χ3v) is 2.02. The van der Waals surface area contributed by atoms with Crippen LogP contribution in [0.3, 0.4) is 0 Å². The lowest BCUT2D eigenvalue weighted by Gasteiger charge is -2.05. The van der Waals surface area contributed by atoms with Gasteiger partial charge >= 0.3 is 0 Å². The molecule has 1 aromatic rings. The first-order chi connectivity index (χ1) is 7.19. The molecule has 0 aliphatic carbocycles. The summed E-state index contributed by atoms with van der Waals surface area (Å²) in [5.74, 6) is -0.201. The maximum Gasteiger partial charge on any atom is 0.171 e. The van der Waals surface area contributed by atoms with Gasteiger partial charge in [-0.25, -0.2) is 0 Å². The van der Waals surface area contributed by atoms with Gasteiger partial charge in [0.25, 0.3) is 0 Å². The predicted octanol–water partition coefficient (Wildman–Crippen LogP) is 1.31. The number of hydrogen-bond donors (Lipinski definition) is 0. The minimum atomic E-state index is -0.201. The van der Waals surface area contributed by atoms with Crippen LogP contribution in [0.2, 0.25) is 0 Å². The van der Waals surface area contributed by atoms with Crippen molar-refractivity contribution in [3.63, 3.8) is 0 Å². The van der Waals surface area contributed by atoms with Gasteiger partial charge in [-0.05, 0) is 18.6 Å². The lowest BCUT2D eigenvalue weighted by atomic mass is 10.1. The van der Waals surface area contributed by atoms with Gasteiger partial charge in [0.2, 0.25) is 0 Å². The lowest BCUT2D eigenvalue weighted by molar-refractivity contribution is -0.107. The van der Waals surface area contributed by atoms with E-state index < -0.39 is 0 Å². The van der Waals surface area contributed by atoms with E-state index in [1.165, 1.54) is 0 Å². The molecule has 0 aromatic carbocycles. The number of pyridine rings is 1. The van der Waals surface area contributed by atoms with Crippen molar-refractivity contribution < 1.29 is 14.3 Å².